The van der Waals surface area contributed by atoms with Crippen molar-refractivity contribution in [1.29, 1.82) is 0 Å². The zero-order valence-electron chi connectivity index (χ0n) is 9.53. The Hall–Kier alpha value is -2.04. The minimum atomic E-state index is -3.11. The third-order valence-electron chi connectivity index (χ3n) is 2.00. The fourth-order valence-electron chi connectivity index (χ4n) is 0.942. The summed E-state index contributed by atoms with van der Waals surface area (Å²) in [6.45, 7) is -2.77. The molecule has 0 aromatic carbocycles. The highest BCUT2D eigenvalue weighted by molar-refractivity contribution is 9.10. The molecule has 0 bridgehead atoms. The van der Waals surface area contributed by atoms with E-state index in [-0.39, 0.29) is 5.01 Å². The lowest BCUT2D eigenvalue weighted by molar-refractivity contribution is -0.765. The van der Waals surface area contributed by atoms with Crippen LogP contribution in [-0.2, 0) is 0 Å². The minimum Gasteiger partial charge on any atom is -0.258 e. The smallest absolute Gasteiger partial charge is 0.258 e. The Morgan fingerprint density at radius 3 is 1.19 bits per heavy atom. The highest BCUT2D eigenvalue weighted by Crippen LogP contribution is 2.26. The van der Waals surface area contributed by atoms with E-state index < -0.39 is 41.9 Å². The molecule has 0 aromatic rings. The Labute approximate surface area is 130 Å². The maximum atomic E-state index is 10.6. The van der Waals surface area contributed by atoms with Crippen molar-refractivity contribution in [3.8, 4) is 0 Å². The molecule has 0 heterocycles. The first kappa shape index (κ1) is 19.0. The van der Waals surface area contributed by atoms with Gasteiger partial charge >= 0.3 is 9.14 Å². The molecule has 0 amide bonds. The monoisotopic (exact) mass is 438 g/mol. The molecule has 0 fully saturated rings. The first-order valence-corrected chi connectivity index (χ1v) is 6.04. The Morgan fingerprint density at radius 1 is 0.810 bits per heavy atom. The number of hydrogen-bond acceptors (Lipinski definition) is 10. The lowest BCUT2D eigenvalue weighted by Gasteiger charge is -2.19. The molecule has 0 radical (unpaired) electrons. The number of rotatable bonds is 9. The van der Waals surface area contributed by atoms with Crippen molar-refractivity contribution in [2.45, 2.75) is 9.14 Å². The van der Waals surface area contributed by atoms with Crippen molar-refractivity contribution < 1.29 is 19.7 Å². The van der Waals surface area contributed by atoms with E-state index in [2.05, 4.69) is 37.1 Å². The van der Waals surface area contributed by atoms with Gasteiger partial charge in [0.2, 0.25) is 0 Å². The molecular formula is C4H4Br2N6O9. The van der Waals surface area contributed by atoms with Crippen LogP contribution < -0.4 is 0 Å². The van der Waals surface area contributed by atoms with Gasteiger partial charge in [-0.05, 0) is 0 Å². The van der Waals surface area contributed by atoms with Crippen molar-refractivity contribution in [3.05, 3.63) is 45.4 Å². The largest absolute Gasteiger partial charge is 0.529 e. The summed E-state index contributed by atoms with van der Waals surface area (Å²) in [4.78, 5) is 47.2. The lowest BCUT2D eigenvalue weighted by Crippen LogP contribution is -2.54. The Kier molecular flexibility index (Phi) is 5.97. The summed E-state index contributed by atoms with van der Waals surface area (Å²) in [7, 11) is 0. The number of hydrogen-bond donors (Lipinski definition) is 0. The van der Waals surface area contributed by atoms with Gasteiger partial charge in [-0.2, -0.15) is 0 Å². The highest BCUT2D eigenvalue weighted by atomic mass is 79.9. The summed E-state index contributed by atoms with van der Waals surface area (Å²) < 4.78 is -6.22. The number of nitrogens with zero attached hydrogens (tertiary/aromatic N) is 6. The van der Waals surface area contributed by atoms with Crippen molar-refractivity contribution in [1.82, 2.24) is 5.01 Å². The molecule has 0 saturated heterocycles. The number of nitroso groups, excluding NO2 is 1. The second-order valence-corrected chi connectivity index (χ2v) is 5.91. The van der Waals surface area contributed by atoms with E-state index in [0.29, 0.717) is 0 Å². The molecule has 17 heteroatoms. The molecule has 118 valence electrons. The second-order valence-electron chi connectivity index (χ2n) is 3.37. The van der Waals surface area contributed by atoms with E-state index in [1.54, 1.807) is 0 Å². The van der Waals surface area contributed by atoms with E-state index in [1.165, 1.54) is 0 Å². The molecule has 0 saturated carbocycles. The van der Waals surface area contributed by atoms with Crippen LogP contribution in [0.5, 0.6) is 0 Å². The van der Waals surface area contributed by atoms with Gasteiger partial charge in [-0.15, -0.1) is 4.91 Å². The van der Waals surface area contributed by atoms with E-state index in [4.69, 9.17) is 0 Å². The molecule has 0 spiro atoms. The summed E-state index contributed by atoms with van der Waals surface area (Å²) in [6.07, 6.45) is 0. The molecule has 21 heavy (non-hydrogen) atoms. The second kappa shape index (κ2) is 6.61. The van der Waals surface area contributed by atoms with Gasteiger partial charge in [-0.3, -0.25) is 40.5 Å². The maximum Gasteiger partial charge on any atom is 0.529 e. The van der Waals surface area contributed by atoms with E-state index in [1.807, 2.05) is 0 Å². The number of alkyl halides is 2. The fraction of sp³-hybridized carbons (Fsp3) is 1.00. The average Bonchev–Trinajstić information content (AvgIpc) is 2.36. The normalized spacial score (nSPS) is 11.5. The van der Waals surface area contributed by atoms with Crippen LogP contribution in [0.3, 0.4) is 0 Å². The highest BCUT2D eigenvalue weighted by Gasteiger charge is 2.60. The van der Waals surface area contributed by atoms with Gasteiger partial charge in [0.1, 0.15) is 19.7 Å². The molecule has 0 atom stereocenters. The fourth-order valence-corrected chi connectivity index (χ4v) is 1.52. The predicted molar refractivity (Wildman–Crippen MR) is 68.7 cm³/mol. The topological polar surface area (TPSA) is 205 Å². The Morgan fingerprint density at radius 2 is 1.05 bits per heavy atom. The summed E-state index contributed by atoms with van der Waals surface area (Å²) in [5.74, 6) is 0. The van der Waals surface area contributed by atoms with Crippen LogP contribution in [-0.4, -0.2) is 46.9 Å². The summed E-state index contributed by atoms with van der Waals surface area (Å²) >= 11 is 4.29. The predicted octanol–water partition coefficient (Wildman–Crippen LogP) is 0.174. The van der Waals surface area contributed by atoms with Gasteiger partial charge in [0.05, 0.1) is 37.1 Å². The van der Waals surface area contributed by atoms with E-state index in [9.17, 15) is 45.4 Å². The van der Waals surface area contributed by atoms with Crippen LogP contribution in [0, 0.1) is 45.4 Å². The van der Waals surface area contributed by atoms with E-state index >= 15 is 0 Å². The van der Waals surface area contributed by atoms with E-state index in [0.717, 1.165) is 0 Å². The molecule has 0 rings (SSSR count). The zero-order valence-corrected chi connectivity index (χ0v) is 12.7. The van der Waals surface area contributed by atoms with Gasteiger partial charge in [-0.1, -0.05) is 0 Å². The Balaban J connectivity index is 5.42. The first-order chi connectivity index (χ1) is 9.41. The van der Waals surface area contributed by atoms with Crippen molar-refractivity contribution in [2.24, 2.45) is 5.29 Å². The zero-order chi connectivity index (χ0) is 17.0. The van der Waals surface area contributed by atoms with Gasteiger partial charge in [0.25, 0.3) is 0 Å². The van der Waals surface area contributed by atoms with Crippen LogP contribution in [0.25, 0.3) is 0 Å². The van der Waals surface area contributed by atoms with Gasteiger partial charge in [0.15, 0.2) is 13.1 Å². The van der Waals surface area contributed by atoms with Crippen LogP contribution in [0.2, 0.25) is 0 Å². The van der Waals surface area contributed by atoms with Gasteiger partial charge in [0, 0.05) is 0 Å². The molecule has 0 N–H and O–H groups in total. The SMILES string of the molecule is O=NN(CC(Br)([N+](=O)[O-])[N+](=O)[O-])CC(Br)([N+](=O)[O-])[N+](=O)[O-]. The maximum absolute atomic E-state index is 10.6. The van der Waals surface area contributed by atoms with Crippen LogP contribution >= 0.6 is 31.9 Å². The minimum absolute atomic E-state index is 0.0826. The lowest BCUT2D eigenvalue weighted by atomic mass is 10.4. The first-order valence-electron chi connectivity index (χ1n) is 4.46. The summed E-state index contributed by atoms with van der Waals surface area (Å²) in [5.41, 5.74) is 0. The quantitative estimate of drug-likeness (QED) is 0.119. The third-order valence-corrected chi connectivity index (χ3v) is 3.66. The molecule has 0 aliphatic carbocycles. The van der Waals surface area contributed by atoms with Crippen molar-refractivity contribution in [3.63, 3.8) is 0 Å². The molecule has 0 aliphatic heterocycles. The standard InChI is InChI=1S/C4H4Br2N6O9/c5-3(9(14)15,10(16)17)1-8(7-13)2-4(6,11(18)19)12(20)21/h1-2H2. The molecule has 15 nitrogen and oxygen atoms in total. The molecule has 0 unspecified atom stereocenters. The van der Waals surface area contributed by atoms with Crippen molar-refractivity contribution in [2.75, 3.05) is 13.1 Å². The van der Waals surface area contributed by atoms with Crippen LogP contribution in [0.4, 0.5) is 0 Å². The molecular weight excluding hydrogens is 436 g/mol. The van der Waals surface area contributed by atoms with Gasteiger partial charge in [-0.25, -0.2) is 5.01 Å². The third kappa shape index (κ3) is 3.97. The number of halogens is 2. The van der Waals surface area contributed by atoms with Crippen LogP contribution in [0.15, 0.2) is 5.29 Å². The van der Waals surface area contributed by atoms with Crippen LogP contribution in [0.1, 0.15) is 0 Å². The van der Waals surface area contributed by atoms with Crippen molar-refractivity contribution >= 4 is 31.9 Å². The van der Waals surface area contributed by atoms with Gasteiger partial charge < -0.3 is 0 Å². The Bertz CT molecular complexity index is 429. The summed E-state index contributed by atoms with van der Waals surface area (Å²) in [5, 5.41) is 44.5. The molecule has 0 aliphatic rings. The molecule has 0 aromatic heterocycles. The number of nitro groups is 4. The average molecular weight is 440 g/mol. The summed E-state index contributed by atoms with van der Waals surface area (Å²) in [6, 6.07) is 0.